The van der Waals surface area contributed by atoms with Gasteiger partial charge in [0.1, 0.15) is 5.69 Å². The van der Waals surface area contributed by atoms with Crippen LogP contribution in [0.4, 0.5) is 0 Å². The summed E-state index contributed by atoms with van der Waals surface area (Å²) in [6.45, 7) is 6.22. The average molecular weight is 293 g/mol. The molecule has 1 fully saturated rings. The number of rotatable bonds is 3. The van der Waals surface area contributed by atoms with Gasteiger partial charge in [0.25, 0.3) is 5.91 Å². The Kier molecular flexibility index (Phi) is 4.62. The third-order valence-electron chi connectivity index (χ3n) is 3.79. The highest BCUT2D eigenvalue weighted by Gasteiger charge is 2.29. The van der Waals surface area contributed by atoms with Crippen LogP contribution in [0.15, 0.2) is 12.3 Å². The number of amides is 2. The number of carbonyl (C=O) groups is 2. The molecule has 0 radical (unpaired) electrons. The first-order chi connectivity index (χ1) is 9.90. The highest BCUT2D eigenvalue weighted by atomic mass is 16.2. The summed E-state index contributed by atoms with van der Waals surface area (Å²) >= 11 is 0. The van der Waals surface area contributed by atoms with Crippen LogP contribution in [0.1, 0.15) is 30.4 Å². The van der Waals surface area contributed by atoms with Crippen molar-refractivity contribution in [2.75, 3.05) is 33.2 Å². The van der Waals surface area contributed by atoms with Crippen molar-refractivity contribution < 1.29 is 9.59 Å². The van der Waals surface area contributed by atoms with Gasteiger partial charge in [0.15, 0.2) is 0 Å². The largest absolute Gasteiger partial charge is 0.369 e. The predicted octanol–water partition coefficient (Wildman–Crippen LogP) is -0.0469. The first-order valence-corrected chi connectivity index (χ1v) is 7.20. The lowest BCUT2D eigenvalue weighted by Crippen LogP contribution is -2.41. The molecule has 1 aliphatic heterocycles. The maximum absolute atomic E-state index is 12.7. The number of likely N-dealkylation sites (N-methyl/N-ethyl adjacent to an activating group) is 1. The van der Waals surface area contributed by atoms with Gasteiger partial charge in [0.05, 0.1) is 5.92 Å². The van der Waals surface area contributed by atoms with Crippen molar-refractivity contribution in [1.29, 1.82) is 0 Å². The fraction of sp³-hybridized carbons (Fsp3) is 0.643. The van der Waals surface area contributed by atoms with Crippen LogP contribution in [0.3, 0.4) is 0 Å². The van der Waals surface area contributed by atoms with Crippen LogP contribution in [0.25, 0.3) is 0 Å². The van der Waals surface area contributed by atoms with E-state index in [0.29, 0.717) is 25.3 Å². The van der Waals surface area contributed by atoms with Gasteiger partial charge in [-0.2, -0.15) is 5.10 Å². The number of primary amides is 1. The standard InChI is InChI=1S/C14H23N5O2/c1-10(2)19-12(4-5-16-19)14(21)18-7-6-17(3)8-11(9-18)13(15)20/h4-5,10-11H,6-9H2,1-3H3,(H2,15,20)/t11-/m0/s1. The molecule has 0 aromatic carbocycles. The molecule has 116 valence electrons. The Morgan fingerprint density at radius 1 is 1.33 bits per heavy atom. The molecule has 0 unspecified atom stereocenters. The molecule has 0 spiro atoms. The monoisotopic (exact) mass is 293 g/mol. The Hall–Kier alpha value is -1.89. The minimum absolute atomic E-state index is 0.0947. The van der Waals surface area contributed by atoms with Crippen molar-refractivity contribution in [3.8, 4) is 0 Å². The molecule has 21 heavy (non-hydrogen) atoms. The van der Waals surface area contributed by atoms with E-state index in [1.54, 1.807) is 21.8 Å². The van der Waals surface area contributed by atoms with Gasteiger partial charge in [-0.05, 0) is 27.0 Å². The molecule has 2 amide bonds. The van der Waals surface area contributed by atoms with Crippen molar-refractivity contribution in [2.24, 2.45) is 11.7 Å². The van der Waals surface area contributed by atoms with Crippen LogP contribution in [-0.4, -0.2) is 64.6 Å². The van der Waals surface area contributed by atoms with E-state index < -0.39 is 0 Å². The normalized spacial score (nSPS) is 20.6. The van der Waals surface area contributed by atoms with Crippen LogP contribution >= 0.6 is 0 Å². The van der Waals surface area contributed by atoms with Crippen molar-refractivity contribution in [1.82, 2.24) is 19.6 Å². The average Bonchev–Trinajstić information content (AvgIpc) is 2.82. The smallest absolute Gasteiger partial charge is 0.272 e. The van der Waals surface area contributed by atoms with Crippen molar-refractivity contribution in [2.45, 2.75) is 19.9 Å². The molecule has 0 saturated carbocycles. The molecular weight excluding hydrogens is 270 g/mol. The molecule has 0 bridgehead atoms. The topological polar surface area (TPSA) is 84.5 Å². The fourth-order valence-electron chi connectivity index (χ4n) is 2.60. The van der Waals surface area contributed by atoms with E-state index in [0.717, 1.165) is 6.54 Å². The minimum atomic E-state index is -0.362. The maximum atomic E-state index is 12.7. The fourth-order valence-corrected chi connectivity index (χ4v) is 2.60. The molecule has 1 aromatic heterocycles. The summed E-state index contributed by atoms with van der Waals surface area (Å²) < 4.78 is 1.70. The maximum Gasteiger partial charge on any atom is 0.272 e. The van der Waals surface area contributed by atoms with E-state index in [9.17, 15) is 9.59 Å². The Bertz CT molecular complexity index is 525. The van der Waals surface area contributed by atoms with Crippen LogP contribution < -0.4 is 5.73 Å². The van der Waals surface area contributed by atoms with E-state index in [2.05, 4.69) is 5.10 Å². The summed E-state index contributed by atoms with van der Waals surface area (Å²) in [6, 6.07) is 1.83. The van der Waals surface area contributed by atoms with Gasteiger partial charge in [0.2, 0.25) is 5.91 Å². The second-order valence-corrected chi connectivity index (χ2v) is 5.87. The zero-order valence-corrected chi connectivity index (χ0v) is 12.8. The second-order valence-electron chi connectivity index (χ2n) is 5.87. The van der Waals surface area contributed by atoms with E-state index in [4.69, 9.17) is 5.73 Å². The number of hydrogen-bond donors (Lipinski definition) is 1. The number of aromatic nitrogens is 2. The molecule has 1 saturated heterocycles. The molecule has 7 heteroatoms. The molecular formula is C14H23N5O2. The number of nitrogens with zero attached hydrogens (tertiary/aromatic N) is 4. The lowest BCUT2D eigenvalue weighted by atomic mass is 10.1. The van der Waals surface area contributed by atoms with Crippen LogP contribution in [0, 0.1) is 5.92 Å². The minimum Gasteiger partial charge on any atom is -0.369 e. The summed E-state index contributed by atoms with van der Waals surface area (Å²) in [5.41, 5.74) is 5.99. The van der Waals surface area contributed by atoms with Crippen LogP contribution in [0.5, 0.6) is 0 Å². The van der Waals surface area contributed by atoms with E-state index >= 15 is 0 Å². The highest BCUT2D eigenvalue weighted by Crippen LogP contribution is 2.14. The predicted molar refractivity (Wildman–Crippen MR) is 78.7 cm³/mol. The van der Waals surface area contributed by atoms with Crippen LogP contribution in [-0.2, 0) is 4.79 Å². The van der Waals surface area contributed by atoms with E-state index in [1.807, 2.05) is 25.8 Å². The van der Waals surface area contributed by atoms with Gasteiger partial charge in [0, 0.05) is 38.4 Å². The zero-order chi connectivity index (χ0) is 15.6. The Morgan fingerprint density at radius 3 is 2.67 bits per heavy atom. The van der Waals surface area contributed by atoms with Gasteiger partial charge in [-0.25, -0.2) is 0 Å². The molecule has 1 aliphatic rings. The molecule has 2 rings (SSSR count). The molecule has 2 N–H and O–H groups in total. The molecule has 1 atom stereocenters. The van der Waals surface area contributed by atoms with Gasteiger partial charge < -0.3 is 15.5 Å². The van der Waals surface area contributed by atoms with Crippen molar-refractivity contribution in [3.63, 3.8) is 0 Å². The van der Waals surface area contributed by atoms with Crippen molar-refractivity contribution >= 4 is 11.8 Å². The first-order valence-electron chi connectivity index (χ1n) is 7.20. The molecule has 0 aliphatic carbocycles. The first kappa shape index (κ1) is 15.5. The van der Waals surface area contributed by atoms with Crippen LogP contribution in [0.2, 0.25) is 0 Å². The molecule has 1 aromatic rings. The SMILES string of the molecule is CC(C)n1nccc1C(=O)N1CCN(C)C[C@H](C(N)=O)C1. The van der Waals surface area contributed by atoms with Gasteiger partial charge in [-0.3, -0.25) is 14.3 Å². The van der Waals surface area contributed by atoms with Gasteiger partial charge in [-0.15, -0.1) is 0 Å². The third kappa shape index (κ3) is 3.41. The summed E-state index contributed by atoms with van der Waals surface area (Å²) in [5.74, 6) is -0.793. The lowest BCUT2D eigenvalue weighted by Gasteiger charge is -2.23. The second kappa shape index (κ2) is 6.26. The molecule has 2 heterocycles. The Labute approximate surface area is 124 Å². The highest BCUT2D eigenvalue weighted by molar-refractivity contribution is 5.93. The van der Waals surface area contributed by atoms with E-state index in [1.165, 1.54) is 0 Å². The number of carbonyl (C=O) groups excluding carboxylic acids is 2. The summed E-state index contributed by atoms with van der Waals surface area (Å²) in [6.07, 6.45) is 1.63. The van der Waals surface area contributed by atoms with Gasteiger partial charge >= 0.3 is 0 Å². The number of nitrogens with two attached hydrogens (primary N) is 1. The third-order valence-corrected chi connectivity index (χ3v) is 3.79. The summed E-state index contributed by atoms with van der Waals surface area (Å²) in [7, 11) is 1.93. The quantitative estimate of drug-likeness (QED) is 0.847. The van der Waals surface area contributed by atoms with Crippen molar-refractivity contribution in [3.05, 3.63) is 18.0 Å². The van der Waals surface area contributed by atoms with Gasteiger partial charge in [-0.1, -0.05) is 0 Å². The Morgan fingerprint density at radius 2 is 2.05 bits per heavy atom. The Balaban J connectivity index is 2.21. The molecule has 7 nitrogen and oxygen atoms in total. The number of hydrogen-bond acceptors (Lipinski definition) is 4. The summed E-state index contributed by atoms with van der Waals surface area (Å²) in [5, 5.41) is 4.19. The van der Waals surface area contributed by atoms with E-state index in [-0.39, 0.29) is 23.8 Å². The summed E-state index contributed by atoms with van der Waals surface area (Å²) in [4.78, 5) is 28.0. The zero-order valence-electron chi connectivity index (χ0n) is 12.8. The lowest BCUT2D eigenvalue weighted by molar-refractivity contribution is -0.122.